The molecule has 0 bridgehead atoms. The van der Waals surface area contributed by atoms with Crippen LogP contribution in [-0.4, -0.2) is 22.9 Å². The number of aryl methyl sites for hydroxylation is 1. The highest BCUT2D eigenvalue weighted by Crippen LogP contribution is 2.31. The van der Waals surface area contributed by atoms with Crippen LogP contribution in [0.5, 0.6) is 0 Å². The molecule has 2 aromatic heterocycles. The first-order chi connectivity index (χ1) is 13.2. The number of esters is 1. The second kappa shape index (κ2) is 7.38. The normalized spacial score (nSPS) is 11.5. The van der Waals surface area contributed by atoms with Crippen molar-refractivity contribution in [2.75, 3.05) is 6.61 Å². The van der Waals surface area contributed by atoms with E-state index in [9.17, 15) is 22.8 Å². The van der Waals surface area contributed by atoms with E-state index in [1.54, 1.807) is 24.5 Å². The summed E-state index contributed by atoms with van der Waals surface area (Å²) < 4.78 is 50.4. The van der Waals surface area contributed by atoms with Crippen LogP contribution in [-0.2, 0) is 10.9 Å². The van der Waals surface area contributed by atoms with E-state index in [0.717, 1.165) is 12.1 Å². The average molecular weight is 391 g/mol. The molecule has 0 aliphatic carbocycles. The highest BCUT2D eigenvalue weighted by Gasteiger charge is 2.31. The number of Topliss-reactive ketones (excluding diaryl/α,β-unsaturated/α-hetero) is 1. The first-order valence-corrected chi connectivity index (χ1v) is 8.29. The minimum atomic E-state index is -4.47. The fourth-order valence-corrected chi connectivity index (χ4v) is 2.94. The molecule has 0 aliphatic rings. The van der Waals surface area contributed by atoms with Gasteiger partial charge in [0.15, 0.2) is 6.61 Å². The topological polar surface area (TPSA) is 61.4 Å². The van der Waals surface area contributed by atoms with Crippen LogP contribution in [0.3, 0.4) is 0 Å². The number of aromatic nitrogens is 1. The quantitative estimate of drug-likeness (QED) is 0.465. The number of benzene rings is 1. The van der Waals surface area contributed by atoms with Gasteiger partial charge in [-0.05, 0) is 50.2 Å². The number of alkyl halides is 3. The molecule has 5 nitrogen and oxygen atoms in total. The number of hydrogen-bond acceptors (Lipinski definition) is 4. The summed E-state index contributed by atoms with van der Waals surface area (Å²) >= 11 is 0. The van der Waals surface area contributed by atoms with Crippen molar-refractivity contribution >= 4 is 11.8 Å². The fourth-order valence-electron chi connectivity index (χ4n) is 2.94. The van der Waals surface area contributed by atoms with Gasteiger partial charge in [-0.1, -0.05) is 6.07 Å². The van der Waals surface area contributed by atoms with Gasteiger partial charge in [-0.2, -0.15) is 13.2 Å². The van der Waals surface area contributed by atoms with Crippen molar-refractivity contribution in [3.05, 3.63) is 77.0 Å². The van der Waals surface area contributed by atoms with Crippen molar-refractivity contribution < 1.29 is 31.9 Å². The van der Waals surface area contributed by atoms with E-state index in [-0.39, 0.29) is 17.0 Å². The Morgan fingerprint density at radius 1 is 1.11 bits per heavy atom. The molecule has 0 unspecified atom stereocenters. The molecule has 0 amide bonds. The van der Waals surface area contributed by atoms with Gasteiger partial charge in [-0.15, -0.1) is 0 Å². The second-order valence-electron chi connectivity index (χ2n) is 6.14. The molecule has 3 aromatic rings. The summed E-state index contributed by atoms with van der Waals surface area (Å²) in [6.45, 7) is 2.79. The van der Waals surface area contributed by atoms with Crippen LogP contribution in [0.4, 0.5) is 13.2 Å². The van der Waals surface area contributed by atoms with Gasteiger partial charge in [0, 0.05) is 22.6 Å². The number of ketones is 1. The zero-order chi connectivity index (χ0) is 20.5. The molecular formula is C20H16F3NO4. The van der Waals surface area contributed by atoms with Crippen LogP contribution in [0.1, 0.15) is 37.9 Å². The number of furan rings is 1. The van der Waals surface area contributed by atoms with Gasteiger partial charge < -0.3 is 13.7 Å². The number of carbonyl (C=O) groups excluding carboxylic acids is 2. The van der Waals surface area contributed by atoms with Crippen molar-refractivity contribution in [2.45, 2.75) is 20.0 Å². The van der Waals surface area contributed by atoms with Gasteiger partial charge in [0.05, 0.1) is 11.8 Å². The van der Waals surface area contributed by atoms with E-state index in [1.165, 1.54) is 30.5 Å². The Hall–Kier alpha value is -3.29. The average Bonchev–Trinajstić information content (AvgIpc) is 3.27. The predicted octanol–water partition coefficient (Wildman–Crippen LogP) is 4.75. The van der Waals surface area contributed by atoms with E-state index in [0.29, 0.717) is 11.4 Å². The van der Waals surface area contributed by atoms with Crippen LogP contribution in [0.25, 0.3) is 5.69 Å². The van der Waals surface area contributed by atoms with Crippen LogP contribution in [0.15, 0.2) is 53.1 Å². The Bertz CT molecular complexity index is 1020. The third-order valence-electron chi connectivity index (χ3n) is 4.22. The summed E-state index contributed by atoms with van der Waals surface area (Å²) in [5.41, 5.74) is 0.810. The molecule has 1 aromatic carbocycles. The lowest BCUT2D eigenvalue weighted by molar-refractivity contribution is -0.137. The molecule has 0 saturated heterocycles. The number of hydrogen-bond donors (Lipinski definition) is 0. The summed E-state index contributed by atoms with van der Waals surface area (Å²) in [6, 6.07) is 9.32. The number of rotatable bonds is 5. The number of halogens is 3. The second-order valence-corrected chi connectivity index (χ2v) is 6.14. The van der Waals surface area contributed by atoms with Gasteiger partial charge in [0.2, 0.25) is 11.5 Å². The van der Waals surface area contributed by atoms with Gasteiger partial charge in [0.1, 0.15) is 0 Å². The maximum atomic E-state index is 13.0. The molecule has 0 N–H and O–H groups in total. The van der Waals surface area contributed by atoms with E-state index >= 15 is 0 Å². The van der Waals surface area contributed by atoms with Crippen molar-refractivity contribution in [1.29, 1.82) is 0 Å². The molecule has 146 valence electrons. The maximum absolute atomic E-state index is 13.0. The molecule has 0 radical (unpaired) electrons. The van der Waals surface area contributed by atoms with Crippen molar-refractivity contribution in [2.24, 2.45) is 0 Å². The summed E-state index contributed by atoms with van der Waals surface area (Å²) in [5, 5.41) is 0. The summed E-state index contributed by atoms with van der Waals surface area (Å²) in [4.78, 5) is 24.2. The third-order valence-corrected chi connectivity index (χ3v) is 4.22. The van der Waals surface area contributed by atoms with Gasteiger partial charge in [0.25, 0.3) is 0 Å². The molecule has 0 spiro atoms. The minimum absolute atomic E-state index is 0.0257. The molecule has 0 atom stereocenters. The maximum Gasteiger partial charge on any atom is 0.416 e. The molecule has 0 aliphatic heterocycles. The Morgan fingerprint density at radius 2 is 1.86 bits per heavy atom. The number of ether oxygens (including phenoxy) is 1. The van der Waals surface area contributed by atoms with Gasteiger partial charge in [-0.3, -0.25) is 4.79 Å². The summed E-state index contributed by atoms with van der Waals surface area (Å²) in [5.74, 6) is -1.27. The molecule has 8 heteroatoms. The Kier molecular flexibility index (Phi) is 5.13. The Morgan fingerprint density at radius 3 is 2.50 bits per heavy atom. The van der Waals surface area contributed by atoms with Crippen LogP contribution in [0.2, 0.25) is 0 Å². The molecule has 0 fully saturated rings. The highest BCUT2D eigenvalue weighted by atomic mass is 19.4. The largest absolute Gasteiger partial charge is 0.457 e. The Labute approximate surface area is 158 Å². The lowest BCUT2D eigenvalue weighted by Gasteiger charge is -2.13. The first-order valence-electron chi connectivity index (χ1n) is 8.29. The molecule has 0 saturated carbocycles. The van der Waals surface area contributed by atoms with Crippen LogP contribution < -0.4 is 0 Å². The van der Waals surface area contributed by atoms with Crippen molar-refractivity contribution in [1.82, 2.24) is 4.57 Å². The fraction of sp³-hybridized carbons (Fsp3) is 0.200. The lowest BCUT2D eigenvalue weighted by Crippen LogP contribution is -2.14. The van der Waals surface area contributed by atoms with E-state index in [1.807, 2.05) is 0 Å². The van der Waals surface area contributed by atoms with Crippen LogP contribution >= 0.6 is 0 Å². The lowest BCUT2D eigenvalue weighted by atomic mass is 10.1. The Balaban J connectivity index is 1.84. The van der Waals surface area contributed by atoms with Crippen LogP contribution in [0, 0.1) is 13.8 Å². The summed E-state index contributed by atoms with van der Waals surface area (Å²) in [6.07, 6.45) is -3.16. The summed E-state index contributed by atoms with van der Waals surface area (Å²) in [7, 11) is 0. The predicted molar refractivity (Wildman–Crippen MR) is 93.6 cm³/mol. The molecule has 28 heavy (non-hydrogen) atoms. The van der Waals surface area contributed by atoms with Crippen molar-refractivity contribution in [3.63, 3.8) is 0 Å². The third kappa shape index (κ3) is 3.85. The number of carbonyl (C=O) groups is 2. The zero-order valence-corrected chi connectivity index (χ0v) is 15.0. The zero-order valence-electron chi connectivity index (χ0n) is 15.0. The van der Waals surface area contributed by atoms with Crippen molar-refractivity contribution in [3.8, 4) is 5.69 Å². The standard InChI is InChI=1S/C20H16F3NO4/c1-12-9-16(17(25)11-28-19(26)18-7-4-8-27-18)13(2)24(12)15-6-3-5-14(10-15)20(21,22)23/h3-10H,11H2,1-2H3. The monoisotopic (exact) mass is 391 g/mol. The molecule has 3 rings (SSSR count). The number of nitrogens with zero attached hydrogens (tertiary/aromatic N) is 1. The minimum Gasteiger partial charge on any atom is -0.457 e. The van der Waals surface area contributed by atoms with Gasteiger partial charge in [-0.25, -0.2) is 4.79 Å². The first kappa shape index (κ1) is 19.5. The molecular weight excluding hydrogens is 375 g/mol. The van der Waals surface area contributed by atoms with E-state index in [4.69, 9.17) is 9.15 Å². The highest BCUT2D eigenvalue weighted by molar-refractivity contribution is 6.00. The van der Waals surface area contributed by atoms with Gasteiger partial charge >= 0.3 is 12.1 Å². The molecule has 2 heterocycles. The smallest absolute Gasteiger partial charge is 0.416 e. The SMILES string of the molecule is Cc1cc(C(=O)COC(=O)c2ccco2)c(C)n1-c1cccc(C(F)(F)F)c1. The van der Waals surface area contributed by atoms with E-state index in [2.05, 4.69) is 0 Å². The van der Waals surface area contributed by atoms with E-state index < -0.39 is 30.1 Å².